The Hall–Kier alpha value is -0.740. The van der Waals surface area contributed by atoms with E-state index in [1.165, 1.54) is 0 Å². The predicted molar refractivity (Wildman–Crippen MR) is 34.3 cm³/mol. The molecule has 0 amide bonds. The van der Waals surface area contributed by atoms with Crippen LogP contribution in [0.2, 0.25) is 0 Å². The van der Waals surface area contributed by atoms with Crippen molar-refractivity contribution in [1.29, 1.82) is 0 Å². The minimum Gasteiger partial charge on any atom is -0.381 e. The predicted octanol–water partition coefficient (Wildman–Crippen LogP) is 0.947. The molecule has 0 radical (unpaired) electrons. The van der Waals surface area contributed by atoms with Crippen LogP contribution in [0.3, 0.4) is 0 Å². The SMILES string of the molecule is C=CCC#CC(C)O. The van der Waals surface area contributed by atoms with Crippen molar-refractivity contribution in [2.24, 2.45) is 0 Å². The largest absolute Gasteiger partial charge is 0.381 e. The zero-order chi connectivity index (χ0) is 6.41. The van der Waals surface area contributed by atoms with Crippen molar-refractivity contribution in [3.8, 4) is 11.8 Å². The van der Waals surface area contributed by atoms with Crippen LogP contribution >= 0.6 is 0 Å². The summed E-state index contributed by atoms with van der Waals surface area (Å²) < 4.78 is 0. The molecule has 1 heteroatoms. The van der Waals surface area contributed by atoms with Gasteiger partial charge in [0.25, 0.3) is 0 Å². The topological polar surface area (TPSA) is 20.2 Å². The van der Waals surface area contributed by atoms with Crippen molar-refractivity contribution < 1.29 is 5.11 Å². The molecule has 1 unspecified atom stereocenters. The lowest BCUT2D eigenvalue weighted by molar-refractivity contribution is 0.253. The Morgan fingerprint density at radius 3 is 2.88 bits per heavy atom. The van der Waals surface area contributed by atoms with Gasteiger partial charge in [0, 0.05) is 6.42 Å². The summed E-state index contributed by atoms with van der Waals surface area (Å²) in [4.78, 5) is 0. The van der Waals surface area contributed by atoms with E-state index in [9.17, 15) is 0 Å². The van der Waals surface area contributed by atoms with Gasteiger partial charge in [-0.15, -0.1) is 6.58 Å². The molecule has 0 aromatic rings. The molecular formula is C7H10O. The number of aliphatic hydroxyl groups excluding tert-OH is 1. The van der Waals surface area contributed by atoms with Crippen LogP contribution in [0.25, 0.3) is 0 Å². The molecule has 0 spiro atoms. The summed E-state index contributed by atoms with van der Waals surface area (Å²) in [5, 5.41) is 8.57. The molecule has 0 saturated carbocycles. The molecule has 1 nitrogen and oxygen atoms in total. The van der Waals surface area contributed by atoms with Crippen LogP contribution in [-0.4, -0.2) is 11.2 Å². The summed E-state index contributed by atoms with van der Waals surface area (Å²) in [6, 6.07) is 0. The van der Waals surface area contributed by atoms with E-state index in [0.29, 0.717) is 6.42 Å². The van der Waals surface area contributed by atoms with Gasteiger partial charge < -0.3 is 5.11 Å². The quantitative estimate of drug-likeness (QED) is 0.393. The van der Waals surface area contributed by atoms with Crippen LogP contribution in [0.5, 0.6) is 0 Å². The number of hydrogen-bond donors (Lipinski definition) is 1. The first-order valence-corrected chi connectivity index (χ1v) is 2.54. The lowest BCUT2D eigenvalue weighted by Gasteiger charge is -1.84. The fourth-order valence-electron chi connectivity index (χ4n) is 0.279. The second kappa shape index (κ2) is 4.42. The van der Waals surface area contributed by atoms with E-state index in [-0.39, 0.29) is 0 Å². The van der Waals surface area contributed by atoms with Crippen molar-refractivity contribution in [3.63, 3.8) is 0 Å². The zero-order valence-corrected chi connectivity index (χ0v) is 5.02. The minimum absolute atomic E-state index is 0.505. The minimum atomic E-state index is -0.505. The van der Waals surface area contributed by atoms with E-state index in [1.807, 2.05) is 0 Å². The second-order valence-electron chi connectivity index (χ2n) is 1.49. The Morgan fingerprint density at radius 2 is 2.50 bits per heavy atom. The summed E-state index contributed by atoms with van der Waals surface area (Å²) >= 11 is 0. The Morgan fingerprint density at radius 1 is 1.88 bits per heavy atom. The Labute approximate surface area is 50.0 Å². The Kier molecular flexibility index (Phi) is 4.01. The smallest absolute Gasteiger partial charge is 0.111 e. The molecule has 0 fully saturated rings. The third-order valence-corrected chi connectivity index (χ3v) is 0.557. The Balaban J connectivity index is 3.34. The van der Waals surface area contributed by atoms with E-state index in [4.69, 9.17) is 5.11 Å². The van der Waals surface area contributed by atoms with Crippen LogP contribution in [0, 0.1) is 11.8 Å². The normalized spacial score (nSPS) is 11.2. The summed E-state index contributed by atoms with van der Waals surface area (Å²) in [5.74, 6) is 5.30. The maximum Gasteiger partial charge on any atom is 0.111 e. The molecule has 0 aliphatic heterocycles. The summed E-state index contributed by atoms with van der Waals surface area (Å²) in [5.41, 5.74) is 0. The van der Waals surface area contributed by atoms with Crippen LogP contribution in [0.4, 0.5) is 0 Å². The molecule has 0 rings (SSSR count). The van der Waals surface area contributed by atoms with Crippen molar-refractivity contribution in [3.05, 3.63) is 12.7 Å². The van der Waals surface area contributed by atoms with E-state index >= 15 is 0 Å². The number of aliphatic hydroxyl groups is 1. The van der Waals surface area contributed by atoms with Gasteiger partial charge in [-0.25, -0.2) is 0 Å². The average molecular weight is 110 g/mol. The van der Waals surface area contributed by atoms with Gasteiger partial charge in [0.2, 0.25) is 0 Å². The van der Waals surface area contributed by atoms with Gasteiger partial charge in [-0.1, -0.05) is 17.9 Å². The molecule has 0 aliphatic rings. The highest BCUT2D eigenvalue weighted by molar-refractivity contribution is 5.05. The first-order valence-electron chi connectivity index (χ1n) is 2.54. The summed E-state index contributed by atoms with van der Waals surface area (Å²) in [7, 11) is 0. The van der Waals surface area contributed by atoms with Crippen LogP contribution in [0.1, 0.15) is 13.3 Å². The van der Waals surface area contributed by atoms with Gasteiger partial charge in [-0.05, 0) is 6.92 Å². The molecule has 0 bridgehead atoms. The third kappa shape index (κ3) is 5.26. The van der Waals surface area contributed by atoms with Gasteiger partial charge in [-0.3, -0.25) is 0 Å². The molecule has 0 aliphatic carbocycles. The van der Waals surface area contributed by atoms with Crippen molar-refractivity contribution in [1.82, 2.24) is 0 Å². The molecule has 0 aromatic heterocycles. The molecule has 0 heterocycles. The van der Waals surface area contributed by atoms with Gasteiger partial charge in [-0.2, -0.15) is 0 Å². The zero-order valence-electron chi connectivity index (χ0n) is 5.02. The number of allylic oxidation sites excluding steroid dienone is 1. The second-order valence-corrected chi connectivity index (χ2v) is 1.49. The van der Waals surface area contributed by atoms with Crippen molar-refractivity contribution in [2.45, 2.75) is 19.4 Å². The van der Waals surface area contributed by atoms with Gasteiger partial charge in [0.05, 0.1) is 0 Å². The standard InChI is InChI=1S/C7H10O/c1-3-4-5-6-7(2)8/h3,7-8H,1,4H2,2H3. The number of rotatable bonds is 1. The van der Waals surface area contributed by atoms with E-state index < -0.39 is 6.10 Å². The van der Waals surface area contributed by atoms with Crippen LogP contribution < -0.4 is 0 Å². The van der Waals surface area contributed by atoms with E-state index in [1.54, 1.807) is 13.0 Å². The first-order chi connectivity index (χ1) is 3.77. The fourth-order valence-corrected chi connectivity index (χ4v) is 0.279. The summed E-state index contributed by atoms with van der Waals surface area (Å²) in [6.45, 7) is 5.11. The Bertz CT molecular complexity index is 114. The van der Waals surface area contributed by atoms with E-state index in [0.717, 1.165) is 0 Å². The third-order valence-electron chi connectivity index (χ3n) is 0.557. The molecule has 8 heavy (non-hydrogen) atoms. The van der Waals surface area contributed by atoms with Gasteiger partial charge in [0.1, 0.15) is 6.10 Å². The molecule has 0 aromatic carbocycles. The first kappa shape index (κ1) is 7.26. The lowest BCUT2D eigenvalue weighted by Crippen LogP contribution is -1.91. The summed E-state index contributed by atoms with van der Waals surface area (Å²) in [6.07, 6.45) is 1.86. The molecule has 0 saturated heterocycles. The highest BCUT2D eigenvalue weighted by Gasteiger charge is 1.79. The van der Waals surface area contributed by atoms with Gasteiger partial charge in [0.15, 0.2) is 0 Å². The van der Waals surface area contributed by atoms with Crippen LogP contribution in [0.15, 0.2) is 12.7 Å². The van der Waals surface area contributed by atoms with Gasteiger partial charge >= 0.3 is 0 Å². The van der Waals surface area contributed by atoms with Crippen molar-refractivity contribution in [2.75, 3.05) is 0 Å². The highest BCUT2D eigenvalue weighted by atomic mass is 16.3. The molecular weight excluding hydrogens is 100 g/mol. The average Bonchev–Trinajstić information content (AvgIpc) is 1.66. The van der Waals surface area contributed by atoms with E-state index in [2.05, 4.69) is 18.4 Å². The van der Waals surface area contributed by atoms with Crippen molar-refractivity contribution >= 4 is 0 Å². The maximum absolute atomic E-state index is 8.57. The fraction of sp³-hybridized carbons (Fsp3) is 0.429. The number of hydrogen-bond acceptors (Lipinski definition) is 1. The lowest BCUT2D eigenvalue weighted by atomic mass is 10.3. The monoisotopic (exact) mass is 110 g/mol. The highest BCUT2D eigenvalue weighted by Crippen LogP contribution is 1.76. The maximum atomic E-state index is 8.57. The molecule has 1 atom stereocenters. The van der Waals surface area contributed by atoms with Crippen LogP contribution in [-0.2, 0) is 0 Å². The molecule has 1 N–H and O–H groups in total. The molecule has 44 valence electrons.